The normalized spacial score (nSPS) is 10.6. The molecule has 0 saturated heterocycles. The van der Waals surface area contributed by atoms with Crippen LogP contribution in [0.4, 0.5) is 0 Å². The van der Waals surface area contributed by atoms with Crippen LogP contribution in [-0.4, -0.2) is 4.35 Å². The average molecular weight is 218 g/mol. The second-order valence-corrected chi connectivity index (χ2v) is 7.52. The maximum atomic E-state index is 5.29. The molecule has 4 heteroatoms. The van der Waals surface area contributed by atoms with Crippen molar-refractivity contribution in [2.75, 3.05) is 0 Å². The van der Waals surface area contributed by atoms with Gasteiger partial charge in [0.1, 0.15) is 0 Å². The van der Waals surface area contributed by atoms with Crippen LogP contribution >= 0.6 is 28.6 Å². The van der Waals surface area contributed by atoms with E-state index in [2.05, 4.69) is 9.24 Å². The molecule has 34 valence electrons. The topological polar surface area (TPSA) is 0 Å². The fraction of sp³-hybridized carbons (Fsp3) is 0. The molecule has 0 fully saturated rings. The van der Waals surface area contributed by atoms with Gasteiger partial charge in [0.25, 0.3) is 0 Å². The average Bonchev–Trinajstić information content (AvgIpc) is 1.38. The van der Waals surface area contributed by atoms with Crippen molar-refractivity contribution < 1.29 is 13.5 Å². The van der Waals surface area contributed by atoms with Crippen molar-refractivity contribution in [1.82, 2.24) is 0 Å². The zero-order valence-corrected chi connectivity index (χ0v) is 6.67. The Morgan fingerprint density at radius 1 is 1.60 bits per heavy atom. The molecule has 1 unspecified atom stereocenters. The second-order valence-electron chi connectivity index (χ2n) is 0.323. The first-order chi connectivity index (χ1) is 2.27. The van der Waals surface area contributed by atoms with E-state index in [4.69, 9.17) is 19.4 Å². The molecule has 0 aliphatic rings. The summed E-state index contributed by atoms with van der Waals surface area (Å²) in [5.41, 5.74) is 0. The maximum absolute atomic E-state index is 5.29. The molecule has 0 bridgehead atoms. The van der Waals surface area contributed by atoms with Crippen LogP contribution in [0.15, 0.2) is 0 Å². The molecular weight excluding hydrogens is 215 g/mol. The Morgan fingerprint density at radius 3 is 1.80 bits per heavy atom. The van der Waals surface area contributed by atoms with Gasteiger partial charge in [0.05, 0.1) is 0 Å². The van der Waals surface area contributed by atoms with Gasteiger partial charge in [0, 0.05) is 0 Å². The van der Waals surface area contributed by atoms with Gasteiger partial charge in [0.15, 0.2) is 0 Å². The summed E-state index contributed by atoms with van der Waals surface area (Å²) in [5, 5.41) is 0. The Hall–Kier alpha value is 1.50. The van der Waals surface area contributed by atoms with Crippen molar-refractivity contribution in [2.45, 2.75) is 0 Å². The molecule has 0 aliphatic carbocycles. The zero-order valence-electron chi connectivity index (χ0n) is 2.26. The van der Waals surface area contributed by atoms with E-state index in [-0.39, 0.29) is 0 Å². The summed E-state index contributed by atoms with van der Waals surface area (Å²) in [5.74, 6) is 0. The molecule has 0 amide bonds. The minimum absolute atomic E-state index is 1.40. The van der Waals surface area contributed by atoms with Crippen LogP contribution < -0.4 is 0 Å². The summed E-state index contributed by atoms with van der Waals surface area (Å²) in [4.78, 5) is 0. The van der Waals surface area contributed by atoms with Crippen LogP contribution in [-0.2, 0) is 13.5 Å². The van der Waals surface area contributed by atoms with Gasteiger partial charge in [-0.1, -0.05) is 0 Å². The molecule has 0 aliphatic heterocycles. The second kappa shape index (κ2) is 3.69. The van der Waals surface area contributed by atoms with Crippen LogP contribution in [0.2, 0.25) is 0 Å². The van der Waals surface area contributed by atoms with E-state index in [1.807, 2.05) is 0 Å². The fourth-order valence-corrected chi connectivity index (χ4v) is 0. The van der Waals surface area contributed by atoms with Gasteiger partial charge in [0.2, 0.25) is 0 Å². The molecule has 0 nitrogen and oxygen atoms in total. The summed E-state index contributed by atoms with van der Waals surface area (Å²) in [6.45, 7) is 0. The molecule has 0 rings (SSSR count). The standard InChI is InChI=1S/CH3P.2ClH.Ru/c1-2;;;/h1H,2H2;2*1H;/q;;;+2/p-2. The van der Waals surface area contributed by atoms with Crippen LogP contribution in [0.25, 0.3) is 0 Å². The number of hydrogen-bond acceptors (Lipinski definition) is 0. The van der Waals surface area contributed by atoms with Crippen molar-refractivity contribution in [3.63, 3.8) is 0 Å². The van der Waals surface area contributed by atoms with E-state index >= 15 is 0 Å². The number of rotatable bonds is 0. The summed E-state index contributed by atoms with van der Waals surface area (Å²) in [6.07, 6.45) is 0. The Labute approximate surface area is 46.6 Å². The molecule has 0 aromatic heterocycles. The summed E-state index contributed by atoms with van der Waals surface area (Å²) in [6, 6.07) is 0. The van der Waals surface area contributed by atoms with Crippen LogP contribution in [0.3, 0.4) is 0 Å². The molecule has 0 radical (unpaired) electrons. The molecule has 0 spiro atoms. The van der Waals surface area contributed by atoms with E-state index in [1.54, 1.807) is 4.35 Å². The quantitative estimate of drug-likeness (QED) is 0.427. The van der Waals surface area contributed by atoms with Gasteiger partial charge < -0.3 is 0 Å². The van der Waals surface area contributed by atoms with Crippen molar-refractivity contribution in [3.05, 3.63) is 0 Å². The minimum atomic E-state index is -1.40. The van der Waals surface area contributed by atoms with Crippen molar-refractivity contribution in [1.29, 1.82) is 0 Å². The molecule has 0 heterocycles. The molecular formula is CH3Cl2PRu. The molecule has 0 N–H and O–H groups in total. The first-order valence-electron chi connectivity index (χ1n) is 0.805. The van der Waals surface area contributed by atoms with Crippen LogP contribution in [0.5, 0.6) is 0 Å². The number of halogens is 2. The zero-order chi connectivity index (χ0) is 4.28. The monoisotopic (exact) mass is 218 g/mol. The van der Waals surface area contributed by atoms with E-state index in [1.165, 1.54) is 0 Å². The first-order valence-corrected chi connectivity index (χ1v) is 6.95. The van der Waals surface area contributed by atoms with Gasteiger partial charge in [-0.15, -0.1) is 0 Å². The Balaban J connectivity index is 3.14. The van der Waals surface area contributed by atoms with Crippen molar-refractivity contribution in [2.24, 2.45) is 0 Å². The van der Waals surface area contributed by atoms with Gasteiger partial charge in [-0.05, 0) is 0 Å². The third-order valence-electron chi connectivity index (χ3n) is 0.0891. The van der Waals surface area contributed by atoms with Crippen LogP contribution in [0.1, 0.15) is 0 Å². The molecule has 1 atom stereocenters. The van der Waals surface area contributed by atoms with Crippen LogP contribution in [0, 0.1) is 0 Å². The van der Waals surface area contributed by atoms with Gasteiger partial charge >= 0.3 is 46.5 Å². The summed E-state index contributed by atoms with van der Waals surface area (Å²) < 4.78 is 1.76. The van der Waals surface area contributed by atoms with E-state index < -0.39 is 13.5 Å². The van der Waals surface area contributed by atoms with Gasteiger partial charge in [-0.3, -0.25) is 0 Å². The molecule has 5 heavy (non-hydrogen) atoms. The summed E-state index contributed by atoms with van der Waals surface area (Å²) in [7, 11) is 13.0. The predicted octanol–water partition coefficient (Wildman–Crippen LogP) is 1.55. The molecule has 0 aromatic carbocycles. The van der Waals surface area contributed by atoms with Gasteiger partial charge in [-0.2, -0.15) is 0 Å². The third kappa shape index (κ3) is 5.50. The predicted molar refractivity (Wildman–Crippen MR) is 27.5 cm³/mol. The molecule has 0 aromatic rings. The summed E-state index contributed by atoms with van der Waals surface area (Å²) >= 11 is -1.40. The van der Waals surface area contributed by atoms with Crippen molar-refractivity contribution in [3.8, 4) is 0 Å². The Bertz CT molecular complexity index is 47.6. The third-order valence-corrected chi connectivity index (χ3v) is 4.74. The SMILES string of the molecule is P[CH]=[Ru]([Cl])[Cl]. The van der Waals surface area contributed by atoms with Crippen molar-refractivity contribution >= 4 is 33.0 Å². The fourth-order valence-electron chi connectivity index (χ4n) is 0. The number of hydrogen-bond donors (Lipinski definition) is 0. The van der Waals surface area contributed by atoms with E-state index in [0.717, 1.165) is 0 Å². The molecule has 0 saturated carbocycles. The first kappa shape index (κ1) is 6.50. The van der Waals surface area contributed by atoms with E-state index in [9.17, 15) is 0 Å². The Morgan fingerprint density at radius 2 is 1.80 bits per heavy atom. The van der Waals surface area contributed by atoms with Gasteiger partial charge in [-0.25, -0.2) is 0 Å². The van der Waals surface area contributed by atoms with E-state index in [0.29, 0.717) is 0 Å². The Kier molecular flexibility index (Phi) is 4.79.